The number of hydrogen-bond donors (Lipinski definition) is 1. The molecule has 3 rings (SSSR count). The largest absolute Gasteiger partial charge is 0.372 e. The van der Waals surface area contributed by atoms with Crippen LogP contribution in [0, 0.1) is 0 Å². The average molecular weight is 312 g/mol. The first-order valence-corrected chi connectivity index (χ1v) is 7.60. The van der Waals surface area contributed by atoms with Gasteiger partial charge in [-0.1, -0.05) is 23.9 Å². The highest BCUT2D eigenvalue weighted by Gasteiger charge is 2.46. The van der Waals surface area contributed by atoms with E-state index in [1.54, 1.807) is 24.3 Å². The molecule has 0 aromatic heterocycles. The summed E-state index contributed by atoms with van der Waals surface area (Å²) in [6.45, 7) is 0. The van der Waals surface area contributed by atoms with Gasteiger partial charge in [0.1, 0.15) is 6.04 Å². The number of imide groups is 1. The van der Waals surface area contributed by atoms with Crippen molar-refractivity contribution in [1.29, 1.82) is 0 Å². The normalized spacial score (nSPS) is 22.2. The summed E-state index contributed by atoms with van der Waals surface area (Å²) in [6, 6.07) is 5.97. The fraction of sp³-hybridized carbons (Fsp3) is 0.429. The van der Waals surface area contributed by atoms with E-state index in [0.717, 1.165) is 12.8 Å². The van der Waals surface area contributed by atoms with Gasteiger partial charge in [-0.15, -0.1) is 0 Å². The molecular formula is C14H14F2N2O2S. The molecule has 4 nitrogen and oxygen atoms in total. The summed E-state index contributed by atoms with van der Waals surface area (Å²) in [5, 5.41) is 2.94. The molecule has 1 aromatic rings. The van der Waals surface area contributed by atoms with Crippen LogP contribution in [0.5, 0.6) is 0 Å². The molecule has 0 radical (unpaired) electrons. The van der Waals surface area contributed by atoms with Crippen molar-refractivity contribution in [3.63, 3.8) is 0 Å². The number of rotatable bonds is 5. The molecule has 1 atom stereocenters. The smallest absolute Gasteiger partial charge is 0.288 e. The van der Waals surface area contributed by atoms with Crippen LogP contribution in [0.15, 0.2) is 29.2 Å². The van der Waals surface area contributed by atoms with Gasteiger partial charge in [-0.05, 0) is 25.0 Å². The molecule has 1 saturated heterocycles. The topological polar surface area (TPSA) is 49.4 Å². The number of para-hydroxylation sites is 1. The fourth-order valence-corrected chi connectivity index (χ4v) is 3.06. The second-order valence-corrected chi connectivity index (χ2v) is 6.14. The van der Waals surface area contributed by atoms with Crippen molar-refractivity contribution in [3.05, 3.63) is 24.3 Å². The number of anilines is 1. The number of amides is 2. The van der Waals surface area contributed by atoms with Gasteiger partial charge in [0.25, 0.3) is 11.7 Å². The molecule has 2 amide bonds. The van der Waals surface area contributed by atoms with Crippen LogP contribution in [0.2, 0.25) is 0 Å². The van der Waals surface area contributed by atoms with Crippen molar-refractivity contribution >= 4 is 29.3 Å². The van der Waals surface area contributed by atoms with E-state index in [1.165, 1.54) is 4.90 Å². The molecule has 21 heavy (non-hydrogen) atoms. The lowest BCUT2D eigenvalue weighted by molar-refractivity contribution is -0.139. The molecule has 1 saturated carbocycles. The third-order valence-electron chi connectivity index (χ3n) is 3.53. The number of hydrogen-bond acceptors (Lipinski definition) is 4. The maximum Gasteiger partial charge on any atom is 0.288 e. The van der Waals surface area contributed by atoms with Gasteiger partial charge >= 0.3 is 0 Å². The van der Waals surface area contributed by atoms with Crippen molar-refractivity contribution in [3.8, 4) is 0 Å². The van der Waals surface area contributed by atoms with Crippen LogP contribution in [0.3, 0.4) is 0 Å². The minimum atomic E-state index is -2.53. The van der Waals surface area contributed by atoms with Crippen LogP contribution in [-0.2, 0) is 9.59 Å². The Hall–Kier alpha value is -1.63. The zero-order valence-electron chi connectivity index (χ0n) is 11.1. The van der Waals surface area contributed by atoms with Crippen molar-refractivity contribution in [2.75, 3.05) is 5.32 Å². The molecule has 0 bridgehead atoms. The summed E-state index contributed by atoms with van der Waals surface area (Å²) >= 11 is 0.424. The van der Waals surface area contributed by atoms with Crippen LogP contribution in [0.4, 0.5) is 14.5 Å². The second kappa shape index (κ2) is 5.63. The predicted molar refractivity (Wildman–Crippen MR) is 75.2 cm³/mol. The fourth-order valence-electron chi connectivity index (χ4n) is 2.45. The number of carbonyl (C=O) groups is 2. The quantitative estimate of drug-likeness (QED) is 0.671. The summed E-state index contributed by atoms with van der Waals surface area (Å²) in [6.07, 6.45) is 1.81. The van der Waals surface area contributed by atoms with Crippen molar-refractivity contribution in [2.45, 2.75) is 42.0 Å². The third-order valence-corrected chi connectivity index (χ3v) is 4.32. The minimum absolute atomic E-state index is 0.0440. The Morgan fingerprint density at radius 3 is 2.62 bits per heavy atom. The third kappa shape index (κ3) is 3.02. The molecule has 2 fully saturated rings. The number of thioether (sulfide) groups is 1. The number of carbonyl (C=O) groups excluding carboxylic acids is 2. The number of alkyl halides is 2. The Labute approximate surface area is 124 Å². The lowest BCUT2D eigenvalue weighted by Crippen LogP contribution is -2.36. The zero-order chi connectivity index (χ0) is 15.0. The van der Waals surface area contributed by atoms with E-state index in [9.17, 15) is 18.4 Å². The number of nitrogens with one attached hydrogen (secondary N) is 1. The zero-order valence-corrected chi connectivity index (χ0v) is 11.9. The van der Waals surface area contributed by atoms with E-state index in [4.69, 9.17) is 0 Å². The minimum Gasteiger partial charge on any atom is -0.372 e. The lowest BCUT2D eigenvalue weighted by atomic mass is 10.2. The van der Waals surface area contributed by atoms with Crippen molar-refractivity contribution in [2.24, 2.45) is 0 Å². The molecule has 112 valence electrons. The first-order chi connectivity index (χ1) is 10.1. The van der Waals surface area contributed by atoms with Gasteiger partial charge in [0.05, 0.1) is 6.42 Å². The predicted octanol–water partition coefficient (Wildman–Crippen LogP) is 2.70. The van der Waals surface area contributed by atoms with Crippen molar-refractivity contribution < 1.29 is 18.4 Å². The summed E-state index contributed by atoms with van der Waals surface area (Å²) in [5.74, 6) is -2.96. The Morgan fingerprint density at radius 2 is 1.95 bits per heavy atom. The summed E-state index contributed by atoms with van der Waals surface area (Å²) in [7, 11) is 0. The van der Waals surface area contributed by atoms with Crippen LogP contribution in [0.25, 0.3) is 0 Å². The maximum atomic E-state index is 12.5. The SMILES string of the molecule is O=C1CC(Nc2ccccc2SC(F)F)C(=O)N1C1CC1. The molecule has 1 aromatic carbocycles. The van der Waals surface area contributed by atoms with E-state index < -0.39 is 11.8 Å². The number of halogens is 2. The highest BCUT2D eigenvalue weighted by atomic mass is 32.2. The first-order valence-electron chi connectivity index (χ1n) is 6.72. The van der Waals surface area contributed by atoms with E-state index >= 15 is 0 Å². The van der Waals surface area contributed by atoms with Crippen LogP contribution < -0.4 is 5.32 Å². The van der Waals surface area contributed by atoms with E-state index in [0.29, 0.717) is 22.3 Å². The molecule has 1 aliphatic heterocycles. The number of benzene rings is 1. The number of likely N-dealkylation sites (tertiary alicyclic amines) is 1. The Balaban J connectivity index is 1.75. The van der Waals surface area contributed by atoms with E-state index in [1.807, 2.05) is 0 Å². The molecule has 1 heterocycles. The van der Waals surface area contributed by atoms with Gasteiger partial charge < -0.3 is 5.32 Å². The Morgan fingerprint density at radius 1 is 1.24 bits per heavy atom. The summed E-state index contributed by atoms with van der Waals surface area (Å²) < 4.78 is 25.1. The second-order valence-electron chi connectivity index (χ2n) is 5.11. The highest BCUT2D eigenvalue weighted by molar-refractivity contribution is 7.99. The summed E-state index contributed by atoms with van der Waals surface area (Å²) in [4.78, 5) is 25.8. The standard InChI is InChI=1S/C14H14F2N2O2S/c15-14(16)21-11-4-2-1-3-9(11)17-10-7-12(19)18(13(10)20)8-5-6-8/h1-4,8,10,14,17H,5-7H2. The maximum absolute atomic E-state index is 12.5. The van der Waals surface area contributed by atoms with Gasteiger partial charge in [0.15, 0.2) is 0 Å². The summed E-state index contributed by atoms with van der Waals surface area (Å²) in [5.41, 5.74) is 0.464. The molecular weight excluding hydrogens is 298 g/mol. The van der Waals surface area contributed by atoms with Gasteiger partial charge in [-0.2, -0.15) is 8.78 Å². The van der Waals surface area contributed by atoms with Gasteiger partial charge in [-0.25, -0.2) is 0 Å². The molecule has 1 aliphatic carbocycles. The van der Waals surface area contributed by atoms with Gasteiger partial charge in [-0.3, -0.25) is 14.5 Å². The van der Waals surface area contributed by atoms with Crippen LogP contribution in [-0.4, -0.2) is 34.6 Å². The molecule has 0 spiro atoms. The van der Waals surface area contributed by atoms with Crippen LogP contribution in [0.1, 0.15) is 19.3 Å². The van der Waals surface area contributed by atoms with Gasteiger partial charge in [0.2, 0.25) is 5.91 Å². The molecule has 2 aliphatic rings. The Kier molecular flexibility index (Phi) is 3.84. The van der Waals surface area contributed by atoms with Gasteiger partial charge in [0, 0.05) is 16.6 Å². The van der Waals surface area contributed by atoms with Crippen molar-refractivity contribution in [1.82, 2.24) is 4.90 Å². The Bertz CT molecular complexity index is 578. The number of nitrogens with zero attached hydrogens (tertiary/aromatic N) is 1. The molecule has 7 heteroatoms. The molecule has 1 N–H and O–H groups in total. The van der Waals surface area contributed by atoms with Crippen LogP contribution >= 0.6 is 11.8 Å². The van der Waals surface area contributed by atoms with E-state index in [-0.39, 0.29) is 24.3 Å². The lowest BCUT2D eigenvalue weighted by Gasteiger charge is -2.17. The average Bonchev–Trinajstić information content (AvgIpc) is 3.20. The monoisotopic (exact) mass is 312 g/mol. The highest BCUT2D eigenvalue weighted by Crippen LogP contribution is 2.35. The van der Waals surface area contributed by atoms with E-state index in [2.05, 4.69) is 5.32 Å². The first kappa shape index (κ1) is 14.3. The molecule has 1 unspecified atom stereocenters.